The minimum absolute atomic E-state index is 0.189. The fraction of sp³-hybridized carbons (Fsp3) is 0.0938. The maximum atomic E-state index is 5.09. The molecule has 18 nitrogen and oxygen atoms in total. The molecule has 10 aromatic heterocycles. The molecule has 26 aromatic rings. The molecule has 0 amide bonds. The van der Waals surface area contributed by atoms with Crippen molar-refractivity contribution in [2.45, 2.75) is 77.0 Å². The molecule has 18 heteroatoms. The molecule has 0 radical (unpaired) electrons. The topological polar surface area (TPSA) is 184 Å². The molecule has 0 bridgehead atoms. The van der Waals surface area contributed by atoms with Crippen LogP contribution >= 0.6 is 0 Å². The van der Waals surface area contributed by atoms with Gasteiger partial charge >= 0.3 is 0 Å². The van der Waals surface area contributed by atoms with Crippen LogP contribution in [0.15, 0.2) is 426 Å². The van der Waals surface area contributed by atoms with Crippen molar-refractivity contribution in [2.24, 2.45) is 0 Å². The highest BCUT2D eigenvalue weighted by molar-refractivity contribution is 6.11. The maximum absolute atomic E-state index is 5.09. The van der Waals surface area contributed by atoms with E-state index in [1.807, 2.05) is 42.9 Å². The molecule has 0 atom stereocenters. The second kappa shape index (κ2) is 33.5. The summed E-state index contributed by atoms with van der Waals surface area (Å²) >= 11 is 0. The summed E-state index contributed by atoms with van der Waals surface area (Å²) in [4.78, 5) is 54.8. The lowest BCUT2D eigenvalue weighted by Crippen LogP contribution is -2.26. The number of benzene rings is 16. The molecule has 4 aliphatic rings. The predicted molar refractivity (Wildman–Crippen MR) is 587 cm³/mol. The first-order valence-electron chi connectivity index (χ1n) is 49.5. The molecule has 0 fully saturated rings. The van der Waals surface area contributed by atoms with Gasteiger partial charge in [-0.2, -0.15) is 0 Å². The average molecular weight is 1880 g/mol. The van der Waals surface area contributed by atoms with E-state index in [0.717, 1.165) is 84.7 Å². The number of aromatic nitrogens is 18. The number of imidazole rings is 4. The van der Waals surface area contributed by atoms with Gasteiger partial charge in [0.15, 0.2) is 29.1 Å². The van der Waals surface area contributed by atoms with E-state index < -0.39 is 0 Å². The first kappa shape index (κ1) is 86.4. The largest absolute Gasteiger partial charge is 0.309 e. The third kappa shape index (κ3) is 13.5. The lowest BCUT2D eigenvalue weighted by Gasteiger charge is -2.35. The molecular weight excluding hydrogens is 1790 g/mol. The standard InChI is InChI=1S/2C33H24N4.2C31H23N5/c1-33(2)25-12-7-13-27-31(25)37(32(35-27)21-9-8-18-34-20-21)30-17-16-22(19-26(30)33)36-28-14-5-3-10-23(28)24-11-4-6-15-29(24)36;1-33(2)24-12-9-14-26-31(24)37(32(35-26)27-13-7-8-19-34-27)30-18-17-21(20-25(30)33)36-28-15-5-3-10-22(28)23-11-4-6-16-29(23)36;1-31(2)24-12-7-13-26-28(24)36(30(35-26)29-33-18-32-19-34-29)27-15-14-23(17-25(27)31)22-11-6-10-21(16-22)20-8-4-3-5-9-20;1-31(2)24-13-8-14-26-28(24)36(30(35-26)29-33-18-32-19-34-29)27-16-15-21(17-25(27)31)23-12-7-6-11-22(23)20-9-4-3-5-10-20/h2*3-20H,1-2H3;2*3-19H,1-2H3. The van der Waals surface area contributed by atoms with Crippen LogP contribution < -0.4 is 0 Å². The van der Waals surface area contributed by atoms with Gasteiger partial charge in [-0.25, -0.2) is 49.8 Å². The number of hydrogen-bond donors (Lipinski definition) is 0. The van der Waals surface area contributed by atoms with E-state index in [0.29, 0.717) is 11.6 Å². The molecule has 4 aliphatic heterocycles. The van der Waals surface area contributed by atoms with Crippen molar-refractivity contribution >= 4 is 87.7 Å². The molecule has 0 N–H and O–H groups in total. The molecular formula is C128H94N18. The van der Waals surface area contributed by atoms with Gasteiger partial charge in [0.05, 0.1) is 88.9 Å². The van der Waals surface area contributed by atoms with Crippen LogP contribution in [0.4, 0.5) is 0 Å². The van der Waals surface area contributed by atoms with Crippen LogP contribution in [0.3, 0.4) is 0 Å². The number of para-hydroxylation sites is 8. The SMILES string of the molecule is CC1(C)c2cc(-c3cccc(-c4ccccc4)c3)ccc2-n2c(-c3ncncn3)nc3cccc1c32.CC1(C)c2cc(-c3ccccc3-c3ccccc3)ccc2-n2c(-c3ncncn3)nc3cccc1c32.CC1(C)c2cc(-n3c4ccccc4c4ccccc43)ccc2-n2c(-c3ccccn3)nc3cccc1c32.CC1(C)c2cc(-n3c4ccccc4c4ccccc43)ccc2-n2c(-c3cccnc3)nc3cccc1c32. The first-order chi connectivity index (χ1) is 71.5. The van der Waals surface area contributed by atoms with E-state index >= 15 is 0 Å². The quantitative estimate of drug-likeness (QED) is 0.126. The molecule has 0 saturated carbocycles. The highest BCUT2D eigenvalue weighted by Gasteiger charge is 2.42. The Hall–Kier alpha value is -18.7. The van der Waals surface area contributed by atoms with Gasteiger partial charge in [0.25, 0.3) is 0 Å². The summed E-state index contributed by atoms with van der Waals surface area (Å²) in [6, 6.07) is 136. The molecule has 146 heavy (non-hydrogen) atoms. The number of rotatable bonds is 10. The number of fused-ring (bicyclic) bond motifs is 14. The van der Waals surface area contributed by atoms with Crippen molar-refractivity contribution in [2.75, 3.05) is 0 Å². The van der Waals surface area contributed by atoms with Crippen LogP contribution in [0.2, 0.25) is 0 Å². The Morgan fingerprint density at radius 1 is 0.205 bits per heavy atom. The number of hydrogen-bond acceptors (Lipinski definition) is 12. The Morgan fingerprint density at radius 2 is 0.541 bits per heavy atom. The smallest absolute Gasteiger partial charge is 0.199 e. The van der Waals surface area contributed by atoms with Gasteiger partial charge in [-0.15, -0.1) is 0 Å². The molecule has 696 valence electrons. The Balaban J connectivity index is 0.0000000965. The van der Waals surface area contributed by atoms with E-state index in [1.54, 1.807) is 0 Å². The highest BCUT2D eigenvalue weighted by Crippen LogP contribution is 2.54. The van der Waals surface area contributed by atoms with Gasteiger partial charge < -0.3 is 9.13 Å². The zero-order valence-corrected chi connectivity index (χ0v) is 81.5. The van der Waals surface area contributed by atoms with Crippen molar-refractivity contribution in [1.82, 2.24) is 87.2 Å². The normalized spacial score (nSPS) is 13.7. The van der Waals surface area contributed by atoms with Gasteiger partial charge in [-0.3, -0.25) is 28.2 Å². The Bertz CT molecular complexity index is 9350. The minimum atomic E-state index is -0.209. The van der Waals surface area contributed by atoms with Gasteiger partial charge in [-0.05, 0) is 229 Å². The van der Waals surface area contributed by atoms with Crippen molar-refractivity contribution in [3.05, 3.63) is 471 Å². The average Bonchev–Trinajstić information content (AvgIpc) is 1.50. The number of nitrogens with zero attached hydrogens (tertiary/aromatic N) is 18. The monoisotopic (exact) mass is 1880 g/mol. The second-order valence-corrected chi connectivity index (χ2v) is 40.1. The van der Waals surface area contributed by atoms with Gasteiger partial charge in [-0.1, -0.05) is 298 Å². The molecule has 0 aliphatic carbocycles. The fourth-order valence-corrected chi connectivity index (χ4v) is 23.4. The van der Waals surface area contributed by atoms with Crippen molar-refractivity contribution in [3.8, 4) is 125 Å². The zero-order valence-electron chi connectivity index (χ0n) is 81.5. The van der Waals surface area contributed by atoms with E-state index in [2.05, 4.69) is 481 Å². The molecule has 30 rings (SSSR count). The third-order valence-electron chi connectivity index (χ3n) is 30.5. The molecule has 0 saturated heterocycles. The third-order valence-corrected chi connectivity index (χ3v) is 30.5. The summed E-state index contributed by atoms with van der Waals surface area (Å²) < 4.78 is 13.9. The summed E-state index contributed by atoms with van der Waals surface area (Å²) in [5.41, 5.74) is 41.2. The van der Waals surface area contributed by atoms with Crippen molar-refractivity contribution in [3.63, 3.8) is 0 Å². The zero-order chi connectivity index (χ0) is 98.0. The Morgan fingerprint density at radius 3 is 0.979 bits per heavy atom. The number of pyridine rings is 2. The summed E-state index contributed by atoms with van der Waals surface area (Å²) in [6.45, 7) is 18.5. The van der Waals surface area contributed by atoms with Gasteiger partial charge in [0.2, 0.25) is 0 Å². The van der Waals surface area contributed by atoms with Crippen LogP contribution in [0.5, 0.6) is 0 Å². The van der Waals surface area contributed by atoms with Crippen LogP contribution in [0.25, 0.3) is 213 Å². The summed E-state index contributed by atoms with van der Waals surface area (Å²) in [7, 11) is 0. The molecule has 14 heterocycles. The van der Waals surface area contributed by atoms with Crippen LogP contribution in [0.1, 0.15) is 99.9 Å². The molecule has 0 unspecified atom stereocenters. The maximum Gasteiger partial charge on any atom is 0.199 e. The van der Waals surface area contributed by atoms with Crippen LogP contribution in [0, 0.1) is 0 Å². The van der Waals surface area contributed by atoms with E-state index in [9.17, 15) is 0 Å². The predicted octanol–water partition coefficient (Wildman–Crippen LogP) is 29.3. The van der Waals surface area contributed by atoms with E-state index in [1.165, 1.54) is 186 Å². The van der Waals surface area contributed by atoms with Crippen LogP contribution in [-0.2, 0) is 21.7 Å². The fourth-order valence-electron chi connectivity index (χ4n) is 23.4. The second-order valence-electron chi connectivity index (χ2n) is 40.1. The van der Waals surface area contributed by atoms with Crippen molar-refractivity contribution < 1.29 is 0 Å². The van der Waals surface area contributed by atoms with E-state index in [4.69, 9.17) is 19.9 Å². The summed E-state index contributed by atoms with van der Waals surface area (Å²) in [5, 5.41) is 5.09. The molecule has 0 spiro atoms. The van der Waals surface area contributed by atoms with Gasteiger partial charge in [0, 0.05) is 78.7 Å². The molecule has 16 aromatic carbocycles. The first-order valence-corrected chi connectivity index (χ1v) is 49.5. The van der Waals surface area contributed by atoms with Crippen molar-refractivity contribution in [1.29, 1.82) is 0 Å². The van der Waals surface area contributed by atoms with E-state index in [-0.39, 0.29) is 21.7 Å². The summed E-state index contributed by atoms with van der Waals surface area (Å²) in [5.74, 6) is 4.40. The summed E-state index contributed by atoms with van der Waals surface area (Å²) in [6.07, 6.45) is 11.6. The Kier molecular flexibility index (Phi) is 19.8. The highest BCUT2D eigenvalue weighted by atomic mass is 15.2. The van der Waals surface area contributed by atoms with Gasteiger partial charge in [0.1, 0.15) is 36.8 Å². The minimum Gasteiger partial charge on any atom is -0.309 e. The Labute approximate surface area is 841 Å². The van der Waals surface area contributed by atoms with Crippen LogP contribution in [-0.4, -0.2) is 87.2 Å². The lowest BCUT2D eigenvalue weighted by atomic mass is 9.74. The lowest BCUT2D eigenvalue weighted by molar-refractivity contribution is 0.628.